The summed E-state index contributed by atoms with van der Waals surface area (Å²) in [5, 5.41) is 116. The van der Waals surface area contributed by atoms with Gasteiger partial charge in [-0.1, -0.05) is 46.3 Å². The molecular weight excluding hydrogens is 836 g/mol. The molecule has 64 heavy (non-hydrogen) atoms. The van der Waals surface area contributed by atoms with Gasteiger partial charge in [-0.25, -0.2) is 0 Å². The first-order valence-electron chi connectivity index (χ1n) is 24.1. The highest BCUT2D eigenvalue weighted by molar-refractivity contribution is 5.26. The van der Waals surface area contributed by atoms with Gasteiger partial charge in [0.1, 0.15) is 67.1 Å². The van der Waals surface area contributed by atoms with Gasteiger partial charge in [-0.2, -0.15) is 0 Å². The van der Waals surface area contributed by atoms with E-state index in [0.29, 0.717) is 48.9 Å². The number of hydrogen-bond donors (Lipinski definition) is 11. The van der Waals surface area contributed by atoms with Crippen LogP contribution in [0.5, 0.6) is 0 Å². The lowest BCUT2D eigenvalue weighted by Crippen LogP contribution is -2.64. The summed E-state index contributed by atoms with van der Waals surface area (Å²) >= 11 is 0. The Bertz CT molecular complexity index is 1640. The summed E-state index contributed by atoms with van der Waals surface area (Å²) in [5.74, 6) is 2.56. The Hall–Kier alpha value is -0.940. The Kier molecular flexibility index (Phi) is 14.5. The highest BCUT2D eigenvalue weighted by atomic mass is 16.8. The molecule has 17 nitrogen and oxygen atoms in total. The maximum absolute atomic E-state index is 12.4. The fourth-order valence-electron chi connectivity index (χ4n) is 14.5. The Balaban J connectivity index is 0.895. The molecule has 17 heteroatoms. The molecule has 8 rings (SSSR count). The summed E-state index contributed by atoms with van der Waals surface area (Å²) in [5.41, 5.74) is 0.585. The second-order valence-corrected chi connectivity index (χ2v) is 22.1. The van der Waals surface area contributed by atoms with E-state index in [9.17, 15) is 56.2 Å². The highest BCUT2D eigenvalue weighted by Crippen LogP contribution is 2.72. The lowest BCUT2D eigenvalue weighted by Gasteiger charge is -2.59. The molecular formula is C47H78O17. The van der Waals surface area contributed by atoms with Crippen LogP contribution in [0.25, 0.3) is 0 Å². The SMILES string of the molecule is CC(COC1OC(CO)C(O)C(O)C1O)C(C)CC1(O)CC2CC3C4CC=C5CC(OC6OC(CO)C(O)C(O)C6OC6OC(C)C(O)C(O)C6O)CCC5(C)C4CCC3(C)C2C1C. The van der Waals surface area contributed by atoms with Crippen LogP contribution >= 0.6 is 0 Å². The predicted octanol–water partition coefficient (Wildman–Crippen LogP) is 0.0781. The van der Waals surface area contributed by atoms with Crippen LogP contribution in [-0.2, 0) is 28.4 Å². The first-order valence-corrected chi connectivity index (χ1v) is 24.1. The van der Waals surface area contributed by atoms with Crippen molar-refractivity contribution >= 4 is 0 Å². The second kappa shape index (κ2) is 18.8. The van der Waals surface area contributed by atoms with Gasteiger partial charge in [-0.3, -0.25) is 0 Å². The summed E-state index contributed by atoms with van der Waals surface area (Å²) in [6.45, 7) is 11.9. The van der Waals surface area contributed by atoms with Crippen LogP contribution in [0.15, 0.2) is 11.6 Å². The van der Waals surface area contributed by atoms with Gasteiger partial charge in [0.05, 0.1) is 37.6 Å². The Morgan fingerprint density at radius 3 is 2.05 bits per heavy atom. The Labute approximate surface area is 376 Å². The van der Waals surface area contributed by atoms with E-state index in [1.54, 1.807) is 0 Å². The molecule has 27 unspecified atom stereocenters. The molecule has 11 N–H and O–H groups in total. The van der Waals surface area contributed by atoms with E-state index < -0.39 is 111 Å². The zero-order valence-corrected chi connectivity index (χ0v) is 38.3. The third-order valence-electron chi connectivity index (χ3n) is 18.6. The van der Waals surface area contributed by atoms with Crippen molar-refractivity contribution in [3.05, 3.63) is 11.6 Å². The second-order valence-electron chi connectivity index (χ2n) is 22.1. The molecule has 0 radical (unpaired) electrons. The van der Waals surface area contributed by atoms with E-state index in [0.717, 1.165) is 38.5 Å². The summed E-state index contributed by atoms with van der Waals surface area (Å²) in [4.78, 5) is 0. The van der Waals surface area contributed by atoms with Gasteiger partial charge in [0.2, 0.25) is 0 Å². The topological polar surface area (TPSA) is 278 Å². The molecule has 5 aliphatic carbocycles. The molecule has 0 aromatic carbocycles. The zero-order valence-electron chi connectivity index (χ0n) is 38.3. The van der Waals surface area contributed by atoms with Crippen molar-refractivity contribution in [1.82, 2.24) is 0 Å². The zero-order chi connectivity index (χ0) is 46.4. The minimum Gasteiger partial charge on any atom is -0.394 e. The number of rotatable bonds is 12. The van der Waals surface area contributed by atoms with Crippen LogP contribution < -0.4 is 0 Å². The molecule has 0 aromatic heterocycles. The van der Waals surface area contributed by atoms with Crippen LogP contribution in [0.4, 0.5) is 0 Å². The normalized spacial score (nSPS) is 54.9. The van der Waals surface area contributed by atoms with E-state index in [2.05, 4.69) is 33.8 Å². The van der Waals surface area contributed by atoms with Crippen molar-refractivity contribution in [2.75, 3.05) is 19.8 Å². The first kappa shape index (κ1) is 49.5. The summed E-state index contributed by atoms with van der Waals surface area (Å²) in [6.07, 6.45) is -10.4. The molecule has 0 spiro atoms. The molecule has 368 valence electrons. The smallest absolute Gasteiger partial charge is 0.187 e. The molecule has 3 saturated heterocycles. The fourth-order valence-corrected chi connectivity index (χ4v) is 14.5. The minimum atomic E-state index is -1.64. The average Bonchev–Trinajstić information content (AvgIpc) is 3.70. The van der Waals surface area contributed by atoms with Crippen molar-refractivity contribution < 1.29 is 84.6 Å². The van der Waals surface area contributed by atoms with Gasteiger partial charge < -0.3 is 84.6 Å². The number of allylic oxidation sites excluding steroid dienone is 1. The standard InChI is InChI=1S/C47H78O17/c1-20(21(2)19-59-42-39(56)37(54)34(51)30(17-48)62-42)15-47(58)16-24-13-29-27-8-7-25-14-26(9-11-45(25,5)28(27)10-12-46(29,6)32(24)22(47)3)61-44-41(38(55)35(52)31(18-49)63-44)64-43-40(57)36(53)33(50)23(4)60-43/h7,20-24,26-44,48-58H,8-19H2,1-6H3. The fraction of sp³-hybridized carbons (Fsp3) is 0.957. The summed E-state index contributed by atoms with van der Waals surface area (Å²) < 4.78 is 35.6. The molecule has 3 aliphatic heterocycles. The van der Waals surface area contributed by atoms with Crippen LogP contribution in [0.3, 0.4) is 0 Å². The van der Waals surface area contributed by atoms with Crippen LogP contribution in [-0.4, -0.2) is 180 Å². The number of aliphatic hydroxyl groups excluding tert-OH is 10. The Morgan fingerprint density at radius 2 is 1.36 bits per heavy atom. The van der Waals surface area contributed by atoms with Gasteiger partial charge in [0.15, 0.2) is 18.9 Å². The minimum absolute atomic E-state index is 0.00546. The third kappa shape index (κ3) is 8.49. The maximum atomic E-state index is 12.4. The monoisotopic (exact) mass is 915 g/mol. The van der Waals surface area contributed by atoms with Crippen LogP contribution in [0, 0.1) is 58.2 Å². The Morgan fingerprint density at radius 1 is 0.719 bits per heavy atom. The summed E-state index contributed by atoms with van der Waals surface area (Å²) in [7, 11) is 0. The largest absolute Gasteiger partial charge is 0.394 e. The number of aliphatic hydroxyl groups is 11. The van der Waals surface area contributed by atoms with Crippen molar-refractivity contribution in [3.63, 3.8) is 0 Å². The van der Waals surface area contributed by atoms with Crippen molar-refractivity contribution in [3.8, 4) is 0 Å². The van der Waals surface area contributed by atoms with Crippen molar-refractivity contribution in [1.29, 1.82) is 0 Å². The van der Waals surface area contributed by atoms with E-state index in [4.69, 9.17) is 28.4 Å². The van der Waals surface area contributed by atoms with Crippen molar-refractivity contribution in [2.45, 2.75) is 203 Å². The highest BCUT2D eigenvalue weighted by Gasteiger charge is 2.67. The number of fused-ring (bicyclic) bond motifs is 7. The molecule has 0 aromatic rings. The molecule has 3 heterocycles. The van der Waals surface area contributed by atoms with Gasteiger partial charge in [0, 0.05) is 0 Å². The van der Waals surface area contributed by atoms with Gasteiger partial charge in [0.25, 0.3) is 0 Å². The molecule has 4 saturated carbocycles. The average molecular weight is 915 g/mol. The van der Waals surface area contributed by atoms with Crippen LogP contribution in [0.2, 0.25) is 0 Å². The van der Waals surface area contributed by atoms with Gasteiger partial charge in [-0.05, 0) is 123 Å². The van der Waals surface area contributed by atoms with Crippen LogP contribution in [0.1, 0.15) is 99.3 Å². The van der Waals surface area contributed by atoms with E-state index >= 15 is 0 Å². The van der Waals surface area contributed by atoms with E-state index in [-0.39, 0.29) is 41.3 Å². The lowest BCUT2D eigenvalue weighted by molar-refractivity contribution is -0.369. The third-order valence-corrected chi connectivity index (χ3v) is 18.6. The van der Waals surface area contributed by atoms with E-state index in [1.165, 1.54) is 12.5 Å². The summed E-state index contributed by atoms with van der Waals surface area (Å²) in [6, 6.07) is 0. The number of hydrogen-bond acceptors (Lipinski definition) is 17. The van der Waals surface area contributed by atoms with E-state index in [1.807, 2.05) is 6.92 Å². The van der Waals surface area contributed by atoms with Crippen molar-refractivity contribution in [2.24, 2.45) is 58.2 Å². The molecule has 0 amide bonds. The maximum Gasteiger partial charge on any atom is 0.187 e. The predicted molar refractivity (Wildman–Crippen MR) is 225 cm³/mol. The van der Waals surface area contributed by atoms with Gasteiger partial charge in [-0.15, -0.1) is 0 Å². The van der Waals surface area contributed by atoms with Gasteiger partial charge >= 0.3 is 0 Å². The molecule has 8 aliphatic rings. The lowest BCUT2D eigenvalue weighted by atomic mass is 9.46. The molecule has 7 fully saturated rings. The first-order chi connectivity index (χ1) is 30.2. The molecule has 27 atom stereocenters. The number of ether oxygens (including phenoxy) is 6. The quantitative estimate of drug-likeness (QED) is 0.116. The molecule has 0 bridgehead atoms.